The summed E-state index contributed by atoms with van der Waals surface area (Å²) in [5, 5.41) is 10.6. The van der Waals surface area contributed by atoms with Gasteiger partial charge in [0.05, 0.1) is 11.4 Å². The second-order valence-electron chi connectivity index (χ2n) is 3.97. The zero-order valence-electron chi connectivity index (χ0n) is 9.75. The number of hydrogen-bond acceptors (Lipinski definition) is 2. The zero-order chi connectivity index (χ0) is 12.2. The van der Waals surface area contributed by atoms with Gasteiger partial charge in [-0.1, -0.05) is 48.5 Å². The van der Waals surface area contributed by atoms with Crippen LogP contribution in [0.5, 0.6) is 0 Å². The molecule has 0 fully saturated rings. The van der Waals surface area contributed by atoms with E-state index in [0.717, 1.165) is 22.1 Å². The van der Waals surface area contributed by atoms with Crippen LogP contribution < -0.4 is 0 Å². The van der Waals surface area contributed by atoms with Gasteiger partial charge in [0.2, 0.25) is 0 Å². The molecule has 0 heterocycles. The molecule has 0 aliphatic carbocycles. The highest BCUT2D eigenvalue weighted by molar-refractivity contribution is 5.84. The van der Waals surface area contributed by atoms with Crippen LogP contribution in [0, 0.1) is 6.07 Å². The summed E-state index contributed by atoms with van der Waals surface area (Å²) in [6, 6.07) is 25.0. The molecule has 0 N–H and O–H groups in total. The van der Waals surface area contributed by atoms with E-state index in [1.807, 2.05) is 60.7 Å². The number of azo groups is 1. The van der Waals surface area contributed by atoms with E-state index >= 15 is 0 Å². The molecule has 85 valence electrons. The monoisotopic (exact) mass is 231 g/mol. The normalized spacial score (nSPS) is 11.1. The number of fused-ring (bicyclic) bond motifs is 1. The summed E-state index contributed by atoms with van der Waals surface area (Å²) >= 11 is 0. The van der Waals surface area contributed by atoms with Crippen LogP contribution in [-0.4, -0.2) is 0 Å². The highest BCUT2D eigenvalue weighted by atomic mass is 15.1. The van der Waals surface area contributed by atoms with Gasteiger partial charge in [0.1, 0.15) is 0 Å². The van der Waals surface area contributed by atoms with E-state index in [9.17, 15) is 0 Å². The molecule has 2 heteroatoms. The SMILES string of the molecule is [c]1c(N=Nc2ccccc2)ccc2ccccc12. The van der Waals surface area contributed by atoms with Crippen molar-refractivity contribution in [1.29, 1.82) is 0 Å². The molecule has 0 aliphatic rings. The van der Waals surface area contributed by atoms with Crippen molar-refractivity contribution in [2.75, 3.05) is 0 Å². The van der Waals surface area contributed by atoms with Crippen molar-refractivity contribution in [3.63, 3.8) is 0 Å². The predicted molar refractivity (Wildman–Crippen MR) is 73.4 cm³/mol. The summed E-state index contributed by atoms with van der Waals surface area (Å²) in [5.74, 6) is 0. The maximum Gasteiger partial charge on any atom is 0.0942 e. The van der Waals surface area contributed by atoms with Gasteiger partial charge in [-0.15, -0.1) is 5.11 Å². The Morgan fingerprint density at radius 2 is 1.44 bits per heavy atom. The van der Waals surface area contributed by atoms with Crippen molar-refractivity contribution in [1.82, 2.24) is 0 Å². The van der Waals surface area contributed by atoms with Gasteiger partial charge in [0.15, 0.2) is 0 Å². The van der Waals surface area contributed by atoms with Gasteiger partial charge in [0.25, 0.3) is 0 Å². The fraction of sp³-hybridized carbons (Fsp3) is 0. The van der Waals surface area contributed by atoms with E-state index in [4.69, 9.17) is 0 Å². The molecule has 0 spiro atoms. The van der Waals surface area contributed by atoms with Crippen LogP contribution in [-0.2, 0) is 0 Å². The lowest BCUT2D eigenvalue weighted by atomic mass is 10.1. The minimum absolute atomic E-state index is 0.748. The summed E-state index contributed by atoms with van der Waals surface area (Å²) < 4.78 is 0. The second kappa shape index (κ2) is 4.80. The van der Waals surface area contributed by atoms with Gasteiger partial charge in [-0.25, -0.2) is 0 Å². The Balaban J connectivity index is 1.93. The first-order valence-electron chi connectivity index (χ1n) is 5.80. The van der Waals surface area contributed by atoms with E-state index in [0.29, 0.717) is 0 Å². The van der Waals surface area contributed by atoms with Gasteiger partial charge in [-0.2, -0.15) is 5.11 Å². The van der Waals surface area contributed by atoms with Crippen LogP contribution in [0.2, 0.25) is 0 Å². The molecule has 0 bridgehead atoms. The Hall–Kier alpha value is -2.48. The summed E-state index contributed by atoms with van der Waals surface area (Å²) in [5.41, 5.74) is 1.59. The van der Waals surface area contributed by atoms with E-state index in [2.05, 4.69) is 22.4 Å². The third kappa shape index (κ3) is 2.28. The average molecular weight is 231 g/mol. The van der Waals surface area contributed by atoms with Gasteiger partial charge in [-0.05, 0) is 29.0 Å². The molecule has 3 aromatic rings. The lowest BCUT2D eigenvalue weighted by Gasteiger charge is -1.97. The number of hydrogen-bond donors (Lipinski definition) is 0. The molecule has 0 atom stereocenters. The average Bonchev–Trinajstić information content (AvgIpc) is 2.46. The Labute approximate surface area is 106 Å². The van der Waals surface area contributed by atoms with Crippen molar-refractivity contribution >= 4 is 22.1 Å². The highest BCUT2D eigenvalue weighted by Crippen LogP contribution is 2.22. The molecule has 0 saturated heterocycles. The minimum Gasteiger partial charge on any atom is -0.151 e. The van der Waals surface area contributed by atoms with E-state index < -0.39 is 0 Å². The molecule has 1 radical (unpaired) electrons. The maximum atomic E-state index is 4.20. The molecule has 0 amide bonds. The standard InChI is InChI=1S/C16H11N2/c1-2-8-15(9-3-1)17-18-16-11-10-13-6-4-5-7-14(13)12-16/h1-11H. The van der Waals surface area contributed by atoms with E-state index in [1.165, 1.54) is 0 Å². The van der Waals surface area contributed by atoms with E-state index in [-0.39, 0.29) is 0 Å². The zero-order valence-corrected chi connectivity index (χ0v) is 9.75. The second-order valence-corrected chi connectivity index (χ2v) is 3.97. The Bertz CT molecular complexity index is 688. The molecular formula is C16H11N2. The number of rotatable bonds is 2. The Kier molecular flexibility index (Phi) is 2.84. The van der Waals surface area contributed by atoms with Crippen LogP contribution in [0.3, 0.4) is 0 Å². The largest absolute Gasteiger partial charge is 0.151 e. The molecule has 2 nitrogen and oxygen atoms in total. The fourth-order valence-electron chi connectivity index (χ4n) is 1.77. The highest BCUT2D eigenvalue weighted by Gasteiger charge is 1.95. The third-order valence-corrected chi connectivity index (χ3v) is 2.67. The number of nitrogens with zero attached hydrogens (tertiary/aromatic N) is 2. The van der Waals surface area contributed by atoms with Crippen LogP contribution in [0.1, 0.15) is 0 Å². The summed E-state index contributed by atoms with van der Waals surface area (Å²) in [7, 11) is 0. The van der Waals surface area contributed by atoms with Crippen molar-refractivity contribution in [2.24, 2.45) is 10.2 Å². The first-order chi connectivity index (χ1) is 8.92. The molecule has 3 rings (SSSR count). The Morgan fingerprint density at radius 3 is 2.33 bits per heavy atom. The van der Waals surface area contributed by atoms with Gasteiger partial charge >= 0.3 is 0 Å². The first-order valence-corrected chi connectivity index (χ1v) is 5.80. The summed E-state index contributed by atoms with van der Waals surface area (Å²) in [6.07, 6.45) is 0. The quantitative estimate of drug-likeness (QED) is 0.551. The summed E-state index contributed by atoms with van der Waals surface area (Å²) in [6.45, 7) is 0. The van der Waals surface area contributed by atoms with Gasteiger partial charge in [0, 0.05) is 6.07 Å². The van der Waals surface area contributed by atoms with Crippen LogP contribution in [0.15, 0.2) is 77.0 Å². The minimum atomic E-state index is 0.748. The van der Waals surface area contributed by atoms with Crippen LogP contribution >= 0.6 is 0 Å². The molecule has 0 aromatic heterocycles. The number of benzene rings is 3. The molecule has 3 aromatic carbocycles. The van der Waals surface area contributed by atoms with Crippen molar-refractivity contribution in [3.05, 3.63) is 72.8 Å². The molecule has 18 heavy (non-hydrogen) atoms. The topological polar surface area (TPSA) is 24.7 Å². The van der Waals surface area contributed by atoms with Crippen LogP contribution in [0.4, 0.5) is 11.4 Å². The predicted octanol–water partition coefficient (Wildman–Crippen LogP) is 5.06. The maximum absolute atomic E-state index is 4.20. The lowest BCUT2D eigenvalue weighted by Crippen LogP contribution is -1.71. The van der Waals surface area contributed by atoms with Crippen LogP contribution in [0.25, 0.3) is 10.8 Å². The van der Waals surface area contributed by atoms with Crippen molar-refractivity contribution in [3.8, 4) is 0 Å². The lowest BCUT2D eigenvalue weighted by molar-refractivity contribution is 1.23. The van der Waals surface area contributed by atoms with Gasteiger partial charge in [-0.3, -0.25) is 0 Å². The molecule has 0 saturated carbocycles. The molecular weight excluding hydrogens is 220 g/mol. The Morgan fingerprint density at radius 1 is 0.667 bits per heavy atom. The van der Waals surface area contributed by atoms with Crippen molar-refractivity contribution in [2.45, 2.75) is 0 Å². The molecule has 0 unspecified atom stereocenters. The first kappa shape index (κ1) is 10.7. The van der Waals surface area contributed by atoms with Gasteiger partial charge < -0.3 is 0 Å². The fourth-order valence-corrected chi connectivity index (χ4v) is 1.77. The van der Waals surface area contributed by atoms with Crippen molar-refractivity contribution < 1.29 is 0 Å². The molecule has 0 aliphatic heterocycles. The third-order valence-electron chi connectivity index (χ3n) is 2.67. The smallest absolute Gasteiger partial charge is 0.0942 e. The summed E-state index contributed by atoms with van der Waals surface area (Å²) in [4.78, 5) is 0. The van der Waals surface area contributed by atoms with E-state index in [1.54, 1.807) is 0 Å².